The molecule has 0 bridgehead atoms. The molecule has 0 aliphatic carbocycles. The van der Waals surface area contributed by atoms with E-state index in [4.69, 9.17) is 5.73 Å². The molecule has 8 heteroatoms. The van der Waals surface area contributed by atoms with E-state index in [9.17, 15) is 4.79 Å². The van der Waals surface area contributed by atoms with Crippen molar-refractivity contribution in [2.75, 3.05) is 36.1 Å². The number of nitrogens with one attached hydrogen (secondary N) is 1. The number of anilines is 3. The Balaban J connectivity index is 2.14. The standard InChI is InChI=1S/C11H18N6O2/c1-7(8(18)19-2)13-10-14-9(12)15-11(16-10)17-5-3-4-6-17/h7H,3-6H2,1-2H3,(H3,12,13,14,15,16). The Hall–Kier alpha value is -2.12. The van der Waals surface area contributed by atoms with Gasteiger partial charge >= 0.3 is 5.97 Å². The number of nitrogens with two attached hydrogens (primary N) is 1. The molecule has 1 unspecified atom stereocenters. The summed E-state index contributed by atoms with van der Waals surface area (Å²) in [6.07, 6.45) is 2.24. The summed E-state index contributed by atoms with van der Waals surface area (Å²) in [4.78, 5) is 25.8. The van der Waals surface area contributed by atoms with E-state index in [0.29, 0.717) is 5.95 Å². The summed E-state index contributed by atoms with van der Waals surface area (Å²) in [6.45, 7) is 3.49. The first kappa shape index (κ1) is 13.3. The minimum Gasteiger partial charge on any atom is -0.467 e. The van der Waals surface area contributed by atoms with Crippen molar-refractivity contribution in [1.29, 1.82) is 0 Å². The summed E-state index contributed by atoms with van der Waals surface area (Å²) in [5.41, 5.74) is 5.67. The molecule has 2 rings (SSSR count). The van der Waals surface area contributed by atoms with Gasteiger partial charge in [-0.2, -0.15) is 15.0 Å². The van der Waals surface area contributed by atoms with Crippen molar-refractivity contribution in [2.24, 2.45) is 0 Å². The third-order valence-electron chi connectivity index (χ3n) is 2.93. The van der Waals surface area contributed by atoms with Gasteiger partial charge in [0.15, 0.2) is 0 Å². The molecule has 2 heterocycles. The van der Waals surface area contributed by atoms with Crippen LogP contribution < -0.4 is 16.0 Å². The molecule has 0 spiro atoms. The van der Waals surface area contributed by atoms with Crippen molar-refractivity contribution >= 4 is 23.8 Å². The highest BCUT2D eigenvalue weighted by atomic mass is 16.5. The first-order chi connectivity index (χ1) is 9.10. The van der Waals surface area contributed by atoms with Crippen LogP contribution in [0.2, 0.25) is 0 Å². The lowest BCUT2D eigenvalue weighted by atomic mass is 10.3. The monoisotopic (exact) mass is 266 g/mol. The maximum atomic E-state index is 11.3. The number of ether oxygens (including phenoxy) is 1. The van der Waals surface area contributed by atoms with Crippen LogP contribution in [0.4, 0.5) is 17.8 Å². The highest BCUT2D eigenvalue weighted by Crippen LogP contribution is 2.17. The van der Waals surface area contributed by atoms with Crippen molar-refractivity contribution < 1.29 is 9.53 Å². The number of carbonyl (C=O) groups excluding carboxylic acids is 1. The average Bonchev–Trinajstić information content (AvgIpc) is 2.90. The summed E-state index contributed by atoms with van der Waals surface area (Å²) in [5, 5.41) is 2.85. The van der Waals surface area contributed by atoms with Crippen LogP contribution in [-0.2, 0) is 9.53 Å². The van der Waals surface area contributed by atoms with Crippen LogP contribution in [0, 0.1) is 0 Å². The van der Waals surface area contributed by atoms with E-state index < -0.39 is 6.04 Å². The zero-order valence-electron chi connectivity index (χ0n) is 11.1. The Morgan fingerprint density at radius 2 is 2.05 bits per heavy atom. The number of nitrogens with zero attached hydrogens (tertiary/aromatic N) is 4. The van der Waals surface area contributed by atoms with E-state index in [1.165, 1.54) is 7.11 Å². The fourth-order valence-electron chi connectivity index (χ4n) is 1.93. The Labute approximate surface area is 111 Å². The lowest BCUT2D eigenvalue weighted by Crippen LogP contribution is -2.29. The minimum atomic E-state index is -0.543. The average molecular weight is 266 g/mol. The van der Waals surface area contributed by atoms with E-state index in [2.05, 4.69) is 25.0 Å². The molecular formula is C11H18N6O2. The number of nitrogen functional groups attached to an aromatic ring is 1. The predicted molar refractivity (Wildman–Crippen MR) is 70.8 cm³/mol. The first-order valence-corrected chi connectivity index (χ1v) is 6.21. The molecule has 1 atom stereocenters. The molecule has 19 heavy (non-hydrogen) atoms. The van der Waals surface area contributed by atoms with Crippen molar-refractivity contribution in [3.63, 3.8) is 0 Å². The number of rotatable bonds is 4. The fraction of sp³-hybridized carbons (Fsp3) is 0.636. The SMILES string of the molecule is COC(=O)C(C)Nc1nc(N)nc(N2CCCC2)n1. The van der Waals surface area contributed by atoms with Gasteiger partial charge in [0.05, 0.1) is 7.11 Å². The number of aromatic nitrogens is 3. The lowest BCUT2D eigenvalue weighted by Gasteiger charge is -2.17. The van der Waals surface area contributed by atoms with E-state index >= 15 is 0 Å². The second-order valence-corrected chi connectivity index (χ2v) is 4.40. The third-order valence-corrected chi connectivity index (χ3v) is 2.93. The Morgan fingerprint density at radius 1 is 1.37 bits per heavy atom. The molecule has 0 saturated carbocycles. The summed E-state index contributed by atoms with van der Waals surface area (Å²) in [6, 6.07) is -0.543. The van der Waals surface area contributed by atoms with Crippen LogP contribution in [0.15, 0.2) is 0 Å². The van der Waals surface area contributed by atoms with Gasteiger partial charge in [-0.1, -0.05) is 0 Å². The van der Waals surface area contributed by atoms with Gasteiger partial charge in [0.1, 0.15) is 6.04 Å². The van der Waals surface area contributed by atoms with Crippen molar-refractivity contribution in [3.8, 4) is 0 Å². The smallest absolute Gasteiger partial charge is 0.328 e. The van der Waals surface area contributed by atoms with Crippen molar-refractivity contribution in [3.05, 3.63) is 0 Å². The number of esters is 1. The van der Waals surface area contributed by atoms with Crippen molar-refractivity contribution in [2.45, 2.75) is 25.8 Å². The largest absolute Gasteiger partial charge is 0.467 e. The van der Waals surface area contributed by atoms with E-state index in [1.54, 1.807) is 6.92 Å². The molecule has 1 aromatic heterocycles. The van der Waals surface area contributed by atoms with Crippen LogP contribution in [0.1, 0.15) is 19.8 Å². The quantitative estimate of drug-likeness (QED) is 0.735. The van der Waals surface area contributed by atoms with Crippen LogP contribution in [0.25, 0.3) is 0 Å². The molecule has 0 amide bonds. The van der Waals surface area contributed by atoms with Crippen LogP contribution in [0.3, 0.4) is 0 Å². The first-order valence-electron chi connectivity index (χ1n) is 6.21. The van der Waals surface area contributed by atoms with Gasteiger partial charge in [-0.05, 0) is 19.8 Å². The molecule has 3 N–H and O–H groups in total. The number of hydrogen-bond donors (Lipinski definition) is 2. The molecule has 1 saturated heterocycles. The molecule has 8 nitrogen and oxygen atoms in total. The lowest BCUT2D eigenvalue weighted by molar-refractivity contribution is -0.141. The van der Waals surface area contributed by atoms with E-state index in [0.717, 1.165) is 25.9 Å². The van der Waals surface area contributed by atoms with Gasteiger partial charge in [-0.3, -0.25) is 0 Å². The number of carbonyl (C=O) groups is 1. The normalized spacial score (nSPS) is 16.2. The Kier molecular flexibility index (Phi) is 3.98. The predicted octanol–water partition coefficient (Wildman–Crippen LogP) is 0.0274. The summed E-state index contributed by atoms with van der Waals surface area (Å²) in [7, 11) is 1.33. The molecular weight excluding hydrogens is 248 g/mol. The van der Waals surface area contributed by atoms with Crippen molar-refractivity contribution in [1.82, 2.24) is 15.0 Å². The maximum absolute atomic E-state index is 11.3. The molecule has 1 aromatic rings. The van der Waals surface area contributed by atoms with Crippen LogP contribution in [0.5, 0.6) is 0 Å². The molecule has 1 aliphatic heterocycles. The topological polar surface area (TPSA) is 106 Å². The van der Waals surface area contributed by atoms with Crippen LogP contribution in [-0.4, -0.2) is 47.2 Å². The Morgan fingerprint density at radius 3 is 2.68 bits per heavy atom. The third kappa shape index (κ3) is 3.21. The highest BCUT2D eigenvalue weighted by Gasteiger charge is 2.19. The zero-order valence-corrected chi connectivity index (χ0v) is 11.1. The number of methoxy groups -OCH3 is 1. The van der Waals surface area contributed by atoms with E-state index in [1.807, 2.05) is 4.90 Å². The van der Waals surface area contributed by atoms with Gasteiger partial charge < -0.3 is 20.7 Å². The molecule has 0 radical (unpaired) electrons. The minimum absolute atomic E-state index is 0.136. The molecule has 0 aromatic carbocycles. The van der Waals surface area contributed by atoms with Gasteiger partial charge in [0, 0.05) is 13.1 Å². The summed E-state index contributed by atoms with van der Waals surface area (Å²) >= 11 is 0. The zero-order chi connectivity index (χ0) is 13.8. The summed E-state index contributed by atoms with van der Waals surface area (Å²) in [5.74, 6) is 0.579. The van der Waals surface area contributed by atoms with Gasteiger partial charge in [0.2, 0.25) is 17.8 Å². The summed E-state index contributed by atoms with van der Waals surface area (Å²) < 4.78 is 4.63. The molecule has 104 valence electrons. The maximum Gasteiger partial charge on any atom is 0.328 e. The van der Waals surface area contributed by atoms with Gasteiger partial charge in [0.25, 0.3) is 0 Å². The second kappa shape index (κ2) is 5.68. The van der Waals surface area contributed by atoms with Crippen LogP contribution >= 0.6 is 0 Å². The fourth-order valence-corrected chi connectivity index (χ4v) is 1.93. The Bertz CT molecular complexity index is 460. The molecule has 1 fully saturated rings. The van der Waals surface area contributed by atoms with Gasteiger partial charge in [-0.25, -0.2) is 4.79 Å². The van der Waals surface area contributed by atoms with Gasteiger partial charge in [-0.15, -0.1) is 0 Å². The number of hydrogen-bond acceptors (Lipinski definition) is 8. The second-order valence-electron chi connectivity index (χ2n) is 4.40. The highest BCUT2D eigenvalue weighted by molar-refractivity contribution is 5.78. The molecule has 1 aliphatic rings. The van der Waals surface area contributed by atoms with E-state index in [-0.39, 0.29) is 17.9 Å².